The molecule has 1 fully saturated rings. The molecule has 1 saturated heterocycles. The van der Waals surface area contributed by atoms with E-state index >= 15 is 0 Å². The van der Waals surface area contributed by atoms with E-state index in [1.54, 1.807) is 12.4 Å². The number of nitrogens with zero attached hydrogens (tertiary/aromatic N) is 5. The zero-order valence-corrected chi connectivity index (χ0v) is 13.5. The van der Waals surface area contributed by atoms with E-state index in [1.165, 1.54) is 24.1 Å². The summed E-state index contributed by atoms with van der Waals surface area (Å²) in [6, 6.07) is 4.09. The quantitative estimate of drug-likeness (QED) is 0.902. The van der Waals surface area contributed by atoms with E-state index in [0.717, 1.165) is 25.9 Å². The number of carbonyl (C=O) groups is 1. The van der Waals surface area contributed by atoms with Gasteiger partial charge in [-0.2, -0.15) is 10.4 Å². The summed E-state index contributed by atoms with van der Waals surface area (Å²) in [6.07, 6.45) is 6.55. The van der Waals surface area contributed by atoms with Gasteiger partial charge in [-0.1, -0.05) is 6.42 Å². The largest absolute Gasteiger partial charge is 0.315 e. The summed E-state index contributed by atoms with van der Waals surface area (Å²) in [4.78, 5) is 18.5. The Morgan fingerprint density at radius 1 is 1.52 bits per heavy atom. The second kappa shape index (κ2) is 7.35. The van der Waals surface area contributed by atoms with Crippen molar-refractivity contribution in [3.63, 3.8) is 0 Å². The minimum atomic E-state index is -0.0746. The van der Waals surface area contributed by atoms with Crippen molar-refractivity contribution in [1.29, 1.82) is 5.26 Å². The molecular weight excluding hydrogens is 312 g/mol. The standard InChI is InChI=1S/C15H18N6OS/c16-7-12-4-6-23-15(12)19-14(22)9-20-5-2-1-3-13(20)8-21-11-17-10-18-21/h4,6,10-11,13H,1-3,5,8-9H2,(H,19,22)/t13-/m0/s1. The van der Waals surface area contributed by atoms with Crippen LogP contribution in [0.5, 0.6) is 0 Å². The number of hydrogen-bond acceptors (Lipinski definition) is 6. The molecule has 0 aliphatic carbocycles. The first-order valence-corrected chi connectivity index (χ1v) is 8.48. The minimum Gasteiger partial charge on any atom is -0.315 e. The molecule has 2 aromatic rings. The molecule has 120 valence electrons. The van der Waals surface area contributed by atoms with Gasteiger partial charge in [-0.05, 0) is 30.8 Å². The average molecular weight is 330 g/mol. The Bertz CT molecular complexity index is 689. The highest BCUT2D eigenvalue weighted by atomic mass is 32.1. The van der Waals surface area contributed by atoms with Gasteiger partial charge in [0.25, 0.3) is 0 Å². The SMILES string of the molecule is N#Cc1ccsc1NC(=O)CN1CCCC[C@H]1Cn1cncn1. The van der Waals surface area contributed by atoms with Gasteiger partial charge >= 0.3 is 0 Å². The molecule has 0 radical (unpaired) electrons. The molecule has 1 amide bonds. The van der Waals surface area contributed by atoms with Gasteiger partial charge < -0.3 is 5.32 Å². The van der Waals surface area contributed by atoms with Gasteiger partial charge in [-0.25, -0.2) is 4.98 Å². The first-order chi connectivity index (χ1) is 11.3. The second-order valence-electron chi connectivity index (χ2n) is 5.56. The number of amides is 1. The number of likely N-dealkylation sites (tertiary alicyclic amines) is 1. The second-order valence-corrected chi connectivity index (χ2v) is 6.48. The van der Waals surface area contributed by atoms with Crippen LogP contribution in [0.4, 0.5) is 5.00 Å². The van der Waals surface area contributed by atoms with Crippen LogP contribution in [0.15, 0.2) is 24.1 Å². The lowest BCUT2D eigenvalue weighted by atomic mass is 10.0. The topological polar surface area (TPSA) is 86.8 Å². The smallest absolute Gasteiger partial charge is 0.239 e. The van der Waals surface area contributed by atoms with Crippen LogP contribution in [-0.2, 0) is 11.3 Å². The van der Waals surface area contributed by atoms with Crippen LogP contribution in [0, 0.1) is 11.3 Å². The fourth-order valence-corrected chi connectivity index (χ4v) is 3.62. The van der Waals surface area contributed by atoms with Crippen molar-refractivity contribution in [2.75, 3.05) is 18.4 Å². The first-order valence-electron chi connectivity index (χ1n) is 7.60. The van der Waals surface area contributed by atoms with Crippen LogP contribution >= 0.6 is 11.3 Å². The molecule has 0 unspecified atom stereocenters. The number of rotatable bonds is 5. The Balaban J connectivity index is 1.60. The van der Waals surface area contributed by atoms with Crippen LogP contribution in [0.3, 0.4) is 0 Å². The zero-order chi connectivity index (χ0) is 16.1. The lowest BCUT2D eigenvalue weighted by molar-refractivity contribution is -0.118. The third kappa shape index (κ3) is 3.94. The third-order valence-electron chi connectivity index (χ3n) is 4.00. The molecular formula is C15H18N6OS. The van der Waals surface area contributed by atoms with Crippen molar-refractivity contribution < 1.29 is 4.79 Å². The maximum atomic E-state index is 12.3. The van der Waals surface area contributed by atoms with E-state index in [-0.39, 0.29) is 11.9 Å². The van der Waals surface area contributed by atoms with Crippen LogP contribution in [0.1, 0.15) is 24.8 Å². The number of nitriles is 1. The van der Waals surface area contributed by atoms with E-state index in [4.69, 9.17) is 5.26 Å². The van der Waals surface area contributed by atoms with E-state index in [2.05, 4.69) is 26.4 Å². The minimum absolute atomic E-state index is 0.0746. The molecule has 8 heteroatoms. The summed E-state index contributed by atoms with van der Waals surface area (Å²) in [5.41, 5.74) is 0.515. The number of aromatic nitrogens is 3. The summed E-state index contributed by atoms with van der Waals surface area (Å²) in [7, 11) is 0. The maximum Gasteiger partial charge on any atom is 0.239 e. The highest BCUT2D eigenvalue weighted by Crippen LogP contribution is 2.23. The number of piperidine rings is 1. The van der Waals surface area contributed by atoms with E-state index < -0.39 is 0 Å². The number of nitrogens with one attached hydrogen (secondary N) is 1. The summed E-state index contributed by atoms with van der Waals surface area (Å²) < 4.78 is 1.81. The summed E-state index contributed by atoms with van der Waals surface area (Å²) in [5.74, 6) is -0.0746. The Labute approximate surface area is 138 Å². The molecule has 1 aliphatic rings. The highest BCUT2D eigenvalue weighted by Gasteiger charge is 2.25. The molecule has 1 N–H and O–H groups in total. The monoisotopic (exact) mass is 330 g/mol. The number of thiophene rings is 1. The fourth-order valence-electron chi connectivity index (χ4n) is 2.86. The van der Waals surface area contributed by atoms with Crippen LogP contribution < -0.4 is 5.32 Å². The van der Waals surface area contributed by atoms with Crippen molar-refractivity contribution in [3.05, 3.63) is 29.7 Å². The molecule has 1 atom stereocenters. The lowest BCUT2D eigenvalue weighted by Crippen LogP contribution is -2.46. The molecule has 0 saturated carbocycles. The van der Waals surface area contributed by atoms with Gasteiger partial charge in [0.05, 0.1) is 18.7 Å². The van der Waals surface area contributed by atoms with Gasteiger partial charge in [0.2, 0.25) is 5.91 Å². The molecule has 3 heterocycles. The molecule has 1 aliphatic heterocycles. The first kappa shape index (κ1) is 15.6. The van der Waals surface area contributed by atoms with Crippen molar-refractivity contribution in [1.82, 2.24) is 19.7 Å². The van der Waals surface area contributed by atoms with Gasteiger partial charge in [0.1, 0.15) is 23.7 Å². The van der Waals surface area contributed by atoms with Crippen LogP contribution in [0.25, 0.3) is 0 Å². The molecule has 0 spiro atoms. The maximum absolute atomic E-state index is 12.3. The highest BCUT2D eigenvalue weighted by molar-refractivity contribution is 7.14. The van der Waals surface area contributed by atoms with Crippen molar-refractivity contribution in [2.45, 2.75) is 31.8 Å². The Morgan fingerprint density at radius 2 is 2.43 bits per heavy atom. The zero-order valence-electron chi connectivity index (χ0n) is 12.7. The predicted molar refractivity (Wildman–Crippen MR) is 86.9 cm³/mol. The molecule has 2 aromatic heterocycles. The average Bonchev–Trinajstić information content (AvgIpc) is 3.20. The van der Waals surface area contributed by atoms with Gasteiger partial charge in [0, 0.05) is 6.04 Å². The normalized spacial score (nSPS) is 18.5. The third-order valence-corrected chi connectivity index (χ3v) is 4.83. The molecule has 7 nitrogen and oxygen atoms in total. The van der Waals surface area contributed by atoms with Gasteiger partial charge in [0.15, 0.2) is 0 Å². The van der Waals surface area contributed by atoms with Crippen LogP contribution in [0.2, 0.25) is 0 Å². The van der Waals surface area contributed by atoms with Crippen LogP contribution in [-0.4, -0.2) is 44.7 Å². The number of anilines is 1. The van der Waals surface area contributed by atoms with Crippen molar-refractivity contribution >= 4 is 22.2 Å². The molecule has 3 rings (SSSR count). The van der Waals surface area contributed by atoms with Gasteiger partial charge in [-0.15, -0.1) is 11.3 Å². The molecule has 0 bridgehead atoms. The Hall–Kier alpha value is -2.24. The lowest BCUT2D eigenvalue weighted by Gasteiger charge is -2.34. The summed E-state index contributed by atoms with van der Waals surface area (Å²) >= 11 is 1.37. The Morgan fingerprint density at radius 3 is 3.22 bits per heavy atom. The number of carbonyl (C=O) groups excluding carboxylic acids is 1. The van der Waals surface area contributed by atoms with E-state index in [1.807, 2.05) is 10.1 Å². The summed E-state index contributed by atoms with van der Waals surface area (Å²) in [6.45, 7) is 1.99. The summed E-state index contributed by atoms with van der Waals surface area (Å²) in [5, 5.41) is 18.4. The van der Waals surface area contributed by atoms with Gasteiger partial charge in [-0.3, -0.25) is 14.4 Å². The Kier molecular flexibility index (Phi) is 5.00. The van der Waals surface area contributed by atoms with E-state index in [9.17, 15) is 4.79 Å². The molecule has 0 aromatic carbocycles. The fraction of sp³-hybridized carbons (Fsp3) is 0.467. The predicted octanol–water partition coefficient (Wildman–Crippen LogP) is 1.70. The van der Waals surface area contributed by atoms with Crippen molar-refractivity contribution in [2.24, 2.45) is 0 Å². The number of hydrogen-bond donors (Lipinski definition) is 1. The van der Waals surface area contributed by atoms with E-state index in [0.29, 0.717) is 17.1 Å². The van der Waals surface area contributed by atoms with Crippen molar-refractivity contribution in [3.8, 4) is 6.07 Å². The molecule has 23 heavy (non-hydrogen) atoms.